The molecule has 0 amide bonds. The molecule has 0 bridgehead atoms. The Kier molecular flexibility index (Phi) is 6.30. The van der Waals surface area contributed by atoms with Crippen molar-refractivity contribution in [2.24, 2.45) is 0 Å². The number of fused-ring (bicyclic) bond motifs is 1. The van der Waals surface area contributed by atoms with E-state index >= 15 is 0 Å². The van der Waals surface area contributed by atoms with E-state index in [1.165, 1.54) is 5.56 Å². The number of hydrogen-bond acceptors (Lipinski definition) is 3. The molecule has 0 radical (unpaired) electrons. The molecule has 106 valence electrons. The third-order valence-corrected chi connectivity index (χ3v) is 4.33. The monoisotopic (exact) mass is 321 g/mol. The van der Waals surface area contributed by atoms with Gasteiger partial charge in [-0.3, -0.25) is 0 Å². The van der Waals surface area contributed by atoms with Gasteiger partial charge in [-0.2, -0.15) is 5.75 Å². The Hall–Kier alpha value is 0.566. The van der Waals surface area contributed by atoms with E-state index in [1.54, 1.807) is 0 Å². The van der Waals surface area contributed by atoms with Gasteiger partial charge in [-0.25, -0.2) is 8.42 Å². The fourth-order valence-corrected chi connectivity index (χ4v) is 3.30. The van der Waals surface area contributed by atoms with E-state index in [9.17, 15) is 8.42 Å². The third kappa shape index (κ3) is 4.28. The molecule has 1 heterocycles. The summed E-state index contributed by atoms with van der Waals surface area (Å²) in [5.74, 6) is 1.40. The second-order valence-electron chi connectivity index (χ2n) is 5.77. The molecule has 4 nitrogen and oxygen atoms in total. The normalized spacial score (nSPS) is 21.0. The van der Waals surface area contributed by atoms with Gasteiger partial charge in [0.2, 0.25) is 0 Å². The Labute approximate surface area is 164 Å². The van der Waals surface area contributed by atoms with Crippen molar-refractivity contribution in [3.63, 3.8) is 0 Å². The summed E-state index contributed by atoms with van der Waals surface area (Å²) in [7, 11) is -4.06. The number of para-hydroxylation sites is 1. The fourth-order valence-electron chi connectivity index (χ4n) is 2.96. The number of rotatable bonds is 3. The zero-order valence-electron chi connectivity index (χ0n) is 12.5. The third-order valence-electron chi connectivity index (χ3n) is 3.76. The molecule has 0 spiro atoms. The first-order valence-electron chi connectivity index (χ1n) is 6.38. The van der Waals surface area contributed by atoms with Crippen LogP contribution in [0.4, 0.5) is 5.69 Å². The largest absolute Gasteiger partial charge is 1.00 e. The molecule has 1 N–H and O–H groups in total. The van der Waals surface area contributed by atoms with Crippen LogP contribution in [0.25, 0.3) is 0 Å². The Morgan fingerprint density at radius 1 is 1.40 bits per heavy atom. The molecule has 1 aliphatic heterocycles. The van der Waals surface area contributed by atoms with E-state index in [2.05, 4.69) is 26.8 Å². The predicted octanol–water partition coefficient (Wildman–Crippen LogP) is -0.168. The van der Waals surface area contributed by atoms with Gasteiger partial charge in [-0.1, -0.05) is 31.7 Å². The predicted molar refractivity (Wildman–Crippen MR) is 76.7 cm³/mol. The SMILES string of the molecule is CC1CC(C)(C)N(C[CH-]S(=O)(=O)O)c2ccccc21.[K+]. The summed E-state index contributed by atoms with van der Waals surface area (Å²) in [6.45, 7) is 6.56. The summed E-state index contributed by atoms with van der Waals surface area (Å²) in [6, 6.07) is 8.03. The van der Waals surface area contributed by atoms with E-state index in [0.29, 0.717) is 5.92 Å². The van der Waals surface area contributed by atoms with Gasteiger partial charge in [0.15, 0.2) is 0 Å². The molecule has 6 heteroatoms. The summed E-state index contributed by atoms with van der Waals surface area (Å²) in [6.07, 6.45) is 0.948. The molecular weight excluding hydrogens is 301 g/mol. The van der Waals surface area contributed by atoms with E-state index in [4.69, 9.17) is 4.55 Å². The first-order chi connectivity index (χ1) is 8.71. The van der Waals surface area contributed by atoms with Crippen LogP contribution < -0.4 is 56.3 Å². The van der Waals surface area contributed by atoms with Gasteiger partial charge in [-0.15, -0.1) is 0 Å². The van der Waals surface area contributed by atoms with Gasteiger partial charge >= 0.3 is 51.4 Å². The van der Waals surface area contributed by atoms with E-state index in [-0.39, 0.29) is 63.5 Å². The molecular formula is C14H20KNO3S. The average molecular weight is 321 g/mol. The summed E-state index contributed by atoms with van der Waals surface area (Å²) in [4.78, 5) is 2.04. The smallest absolute Gasteiger partial charge is 0.395 e. The molecule has 0 aromatic heterocycles. The van der Waals surface area contributed by atoms with Crippen LogP contribution in [0.15, 0.2) is 24.3 Å². The van der Waals surface area contributed by atoms with Crippen molar-refractivity contribution < 1.29 is 64.4 Å². The van der Waals surface area contributed by atoms with E-state index in [0.717, 1.165) is 17.9 Å². The van der Waals surface area contributed by atoms with Crippen molar-refractivity contribution in [1.82, 2.24) is 0 Å². The summed E-state index contributed by atoms with van der Waals surface area (Å²) in [5.41, 5.74) is 2.13. The van der Waals surface area contributed by atoms with Crippen LogP contribution in [0.2, 0.25) is 0 Å². The summed E-state index contributed by atoms with van der Waals surface area (Å²) in [5, 5.41) is 0. The van der Waals surface area contributed by atoms with Crippen LogP contribution in [0.1, 0.15) is 38.7 Å². The van der Waals surface area contributed by atoms with Crippen LogP contribution in [0, 0.1) is 5.75 Å². The number of benzene rings is 1. The molecule has 20 heavy (non-hydrogen) atoms. The average Bonchev–Trinajstić information content (AvgIpc) is 2.26. The molecule has 2 rings (SSSR count). The number of hydrogen-bond donors (Lipinski definition) is 1. The Morgan fingerprint density at radius 2 is 2.00 bits per heavy atom. The van der Waals surface area contributed by atoms with Gasteiger partial charge < -0.3 is 9.45 Å². The molecule has 0 aliphatic carbocycles. The quantitative estimate of drug-likeness (QED) is 0.477. The van der Waals surface area contributed by atoms with Gasteiger partial charge in [0.25, 0.3) is 0 Å². The maximum atomic E-state index is 10.9. The van der Waals surface area contributed by atoms with Crippen molar-refractivity contribution in [3.8, 4) is 0 Å². The minimum atomic E-state index is -4.06. The van der Waals surface area contributed by atoms with Gasteiger partial charge in [0, 0.05) is 11.2 Å². The van der Waals surface area contributed by atoms with Crippen LogP contribution in [-0.2, 0) is 10.1 Å². The Bertz CT molecular complexity index is 572. The second kappa shape index (κ2) is 6.77. The zero-order chi connectivity index (χ0) is 14.3. The van der Waals surface area contributed by atoms with Crippen LogP contribution in [-0.4, -0.2) is 25.1 Å². The first kappa shape index (κ1) is 18.6. The number of nitrogens with zero attached hydrogens (tertiary/aromatic N) is 1. The van der Waals surface area contributed by atoms with E-state index in [1.807, 2.05) is 23.1 Å². The minimum absolute atomic E-state index is 0. The molecule has 0 fully saturated rings. The topological polar surface area (TPSA) is 57.6 Å². The van der Waals surface area contributed by atoms with Crippen LogP contribution in [0.5, 0.6) is 0 Å². The standard InChI is InChI=1S/C14H20NO3S.K/c1-11-10-14(2,3)15(8-9-19(16,17)18)13-7-5-4-6-12(11)13;/h4-7,9,11H,8,10H2,1-3H3,(H,16,17,18);/q-1;+1. The molecule has 0 saturated heterocycles. The van der Waals surface area contributed by atoms with Crippen LogP contribution >= 0.6 is 0 Å². The molecule has 1 unspecified atom stereocenters. The Morgan fingerprint density at radius 3 is 2.60 bits per heavy atom. The zero-order valence-corrected chi connectivity index (χ0v) is 16.4. The van der Waals surface area contributed by atoms with Crippen molar-refractivity contribution in [2.75, 3.05) is 11.4 Å². The molecule has 1 aliphatic rings. The van der Waals surface area contributed by atoms with Gasteiger partial charge in [-0.05, 0) is 37.8 Å². The fraction of sp³-hybridized carbons (Fsp3) is 0.500. The van der Waals surface area contributed by atoms with Crippen LogP contribution in [0.3, 0.4) is 0 Å². The first-order valence-corrected chi connectivity index (χ1v) is 7.88. The molecule has 1 atom stereocenters. The summed E-state index contributed by atoms with van der Waals surface area (Å²) >= 11 is 0. The number of anilines is 1. The Balaban J connectivity index is 0.00000200. The maximum absolute atomic E-state index is 10.9. The van der Waals surface area contributed by atoms with Crippen molar-refractivity contribution in [1.29, 1.82) is 0 Å². The van der Waals surface area contributed by atoms with Crippen molar-refractivity contribution >= 4 is 15.8 Å². The molecule has 1 aromatic carbocycles. The van der Waals surface area contributed by atoms with Gasteiger partial charge in [0.1, 0.15) is 10.1 Å². The molecule has 0 saturated carbocycles. The van der Waals surface area contributed by atoms with Crippen molar-refractivity contribution in [2.45, 2.75) is 38.6 Å². The van der Waals surface area contributed by atoms with E-state index < -0.39 is 10.1 Å². The minimum Gasteiger partial charge on any atom is -0.395 e. The maximum Gasteiger partial charge on any atom is 1.00 e. The second-order valence-corrected chi connectivity index (χ2v) is 7.13. The van der Waals surface area contributed by atoms with Gasteiger partial charge in [0.05, 0.1) is 0 Å². The molecule has 1 aromatic rings. The summed E-state index contributed by atoms with van der Waals surface area (Å²) < 4.78 is 30.8. The van der Waals surface area contributed by atoms with Crippen molar-refractivity contribution in [3.05, 3.63) is 35.6 Å².